The minimum absolute atomic E-state index is 0.00514. The third-order valence-electron chi connectivity index (χ3n) is 3.00. The Bertz CT molecular complexity index is 820. The van der Waals surface area contributed by atoms with Crippen LogP contribution in [0.2, 0.25) is 0 Å². The van der Waals surface area contributed by atoms with E-state index < -0.39 is 0 Å². The molecule has 0 saturated heterocycles. The topological polar surface area (TPSA) is 43.4 Å². The summed E-state index contributed by atoms with van der Waals surface area (Å²) in [5, 5.41) is 1.35. The molecule has 0 bridgehead atoms. The number of carbonyl (C=O) groups is 1. The largest absolute Gasteiger partial charge is 0.463 e. The summed E-state index contributed by atoms with van der Waals surface area (Å²) in [6, 6.07) is 13.1. The number of hydrogen-bond donors (Lipinski definition) is 0. The van der Waals surface area contributed by atoms with Crippen molar-refractivity contribution in [1.29, 1.82) is 0 Å². The van der Waals surface area contributed by atoms with Crippen LogP contribution in [0, 0.1) is 0 Å². The number of hydrogen-bond acceptors (Lipinski definition) is 4. The van der Waals surface area contributed by atoms with E-state index in [1.54, 1.807) is 11.3 Å². The highest BCUT2D eigenvalue weighted by atomic mass is 32.1. The van der Waals surface area contributed by atoms with Crippen molar-refractivity contribution >= 4 is 38.0 Å². The van der Waals surface area contributed by atoms with Crippen LogP contribution in [0.4, 0.5) is 0 Å². The van der Waals surface area contributed by atoms with E-state index in [0.717, 1.165) is 15.0 Å². The molecule has 0 saturated carbocycles. The molecule has 3 rings (SSSR count). The summed E-state index contributed by atoms with van der Waals surface area (Å²) < 4.78 is 6.66. The molecule has 0 N–H and O–H groups in total. The summed E-state index contributed by atoms with van der Waals surface area (Å²) >= 11 is 1.57. The van der Waals surface area contributed by atoms with Crippen LogP contribution in [0.15, 0.2) is 47.3 Å². The lowest BCUT2D eigenvalue weighted by Crippen LogP contribution is -2.05. The molecule has 0 aliphatic heterocycles. The first kappa shape index (κ1) is 11.9. The van der Waals surface area contributed by atoms with Gasteiger partial charge in [0.2, 0.25) is 0 Å². The van der Waals surface area contributed by atoms with Crippen LogP contribution in [-0.4, -0.2) is 6.47 Å². The van der Waals surface area contributed by atoms with E-state index in [2.05, 4.69) is 0 Å². The first-order valence-electron chi connectivity index (χ1n) is 5.80. The van der Waals surface area contributed by atoms with E-state index in [1.807, 2.05) is 42.5 Å². The fourth-order valence-electron chi connectivity index (χ4n) is 2.16. The van der Waals surface area contributed by atoms with Gasteiger partial charge in [-0.05, 0) is 18.2 Å². The molecule has 3 nitrogen and oxygen atoms in total. The Balaban J connectivity index is 2.38. The summed E-state index contributed by atoms with van der Waals surface area (Å²) in [6.07, 6.45) is 0. The molecule has 94 valence electrons. The number of rotatable bonds is 3. The van der Waals surface area contributed by atoms with Gasteiger partial charge in [0, 0.05) is 25.7 Å². The molecule has 0 amide bonds. The van der Waals surface area contributed by atoms with Gasteiger partial charge in [-0.3, -0.25) is 9.59 Å². The molecular formula is C15H10O3S. The van der Waals surface area contributed by atoms with E-state index >= 15 is 0 Å². The second kappa shape index (κ2) is 4.82. The Kier molecular flexibility index (Phi) is 3.01. The highest BCUT2D eigenvalue weighted by Gasteiger charge is 2.09. The fraction of sp³-hybridized carbons (Fsp3) is 0.0667. The molecule has 0 unspecified atom stereocenters. The Morgan fingerprint density at radius 2 is 1.84 bits per heavy atom. The number of fused-ring (bicyclic) bond motifs is 2. The smallest absolute Gasteiger partial charge is 0.293 e. The third-order valence-corrected chi connectivity index (χ3v) is 4.13. The molecule has 1 aromatic heterocycles. The molecular weight excluding hydrogens is 260 g/mol. The van der Waals surface area contributed by atoms with Crippen LogP contribution >= 0.6 is 11.3 Å². The maximum Gasteiger partial charge on any atom is 0.293 e. The molecule has 2 aromatic carbocycles. The van der Waals surface area contributed by atoms with Crippen LogP contribution in [0.25, 0.3) is 20.2 Å². The fourth-order valence-corrected chi connectivity index (χ4v) is 3.29. The van der Waals surface area contributed by atoms with Gasteiger partial charge >= 0.3 is 0 Å². The highest BCUT2D eigenvalue weighted by molar-refractivity contribution is 7.24. The van der Waals surface area contributed by atoms with E-state index in [0.29, 0.717) is 17.2 Å². The maximum absolute atomic E-state index is 12.5. The van der Waals surface area contributed by atoms with Gasteiger partial charge in [-0.15, -0.1) is 11.3 Å². The monoisotopic (exact) mass is 270 g/mol. The minimum Gasteiger partial charge on any atom is -0.463 e. The van der Waals surface area contributed by atoms with Gasteiger partial charge in [0.25, 0.3) is 6.47 Å². The third kappa shape index (κ3) is 2.00. The number of carbonyl (C=O) groups excluding carboxylic acids is 1. The van der Waals surface area contributed by atoms with Gasteiger partial charge in [-0.25, -0.2) is 0 Å². The predicted molar refractivity (Wildman–Crippen MR) is 76.5 cm³/mol. The van der Waals surface area contributed by atoms with Crippen molar-refractivity contribution in [2.45, 2.75) is 6.61 Å². The molecule has 0 fully saturated rings. The zero-order valence-electron chi connectivity index (χ0n) is 9.96. The van der Waals surface area contributed by atoms with E-state index in [9.17, 15) is 9.59 Å². The molecule has 0 aliphatic carbocycles. The minimum atomic E-state index is -0.00514. The molecule has 3 aromatic rings. The van der Waals surface area contributed by atoms with Gasteiger partial charge in [0.05, 0.1) is 0 Å². The van der Waals surface area contributed by atoms with Crippen molar-refractivity contribution in [1.82, 2.24) is 0 Å². The van der Waals surface area contributed by atoms with Gasteiger partial charge in [0.1, 0.15) is 6.61 Å². The van der Waals surface area contributed by atoms with Crippen LogP contribution in [-0.2, 0) is 16.1 Å². The summed E-state index contributed by atoms with van der Waals surface area (Å²) in [7, 11) is 0. The first-order chi connectivity index (χ1) is 9.31. The molecule has 0 aliphatic rings. The lowest BCUT2D eigenvalue weighted by atomic mass is 10.1. The van der Waals surface area contributed by atoms with Crippen LogP contribution in [0.3, 0.4) is 0 Å². The van der Waals surface area contributed by atoms with Crippen molar-refractivity contribution in [2.75, 3.05) is 0 Å². The lowest BCUT2D eigenvalue weighted by Gasteiger charge is -2.06. The summed E-state index contributed by atoms with van der Waals surface area (Å²) in [4.78, 5) is 22.8. The molecule has 0 spiro atoms. The van der Waals surface area contributed by atoms with Gasteiger partial charge in [0.15, 0.2) is 5.43 Å². The average molecular weight is 270 g/mol. The predicted octanol–water partition coefficient (Wildman–Crippen LogP) is 3.09. The Morgan fingerprint density at radius 1 is 1.05 bits per heavy atom. The lowest BCUT2D eigenvalue weighted by molar-refractivity contribution is -0.129. The Morgan fingerprint density at radius 3 is 2.68 bits per heavy atom. The van der Waals surface area contributed by atoms with Crippen molar-refractivity contribution in [3.8, 4) is 0 Å². The van der Waals surface area contributed by atoms with E-state index in [4.69, 9.17) is 4.74 Å². The molecule has 0 radical (unpaired) electrons. The van der Waals surface area contributed by atoms with E-state index in [-0.39, 0.29) is 12.0 Å². The highest BCUT2D eigenvalue weighted by Crippen LogP contribution is 2.26. The summed E-state index contributed by atoms with van der Waals surface area (Å²) in [5.41, 5.74) is 0.742. The second-order valence-corrected chi connectivity index (χ2v) is 5.21. The second-order valence-electron chi connectivity index (χ2n) is 4.12. The summed E-state index contributed by atoms with van der Waals surface area (Å²) in [6.45, 7) is 0.523. The Labute approximate surface area is 113 Å². The van der Waals surface area contributed by atoms with Crippen molar-refractivity contribution in [2.24, 2.45) is 0 Å². The average Bonchev–Trinajstić information content (AvgIpc) is 2.45. The quantitative estimate of drug-likeness (QED) is 0.542. The standard InChI is InChI=1S/C15H10O3S/c16-9-18-8-10-4-3-7-13-14(10)15(17)11-5-1-2-6-12(11)19-13/h1-7,9H,8H2. The zero-order valence-corrected chi connectivity index (χ0v) is 10.8. The van der Waals surface area contributed by atoms with Gasteiger partial charge < -0.3 is 4.74 Å². The van der Waals surface area contributed by atoms with Crippen molar-refractivity contribution in [3.05, 3.63) is 58.3 Å². The van der Waals surface area contributed by atoms with Crippen LogP contribution in [0.5, 0.6) is 0 Å². The summed E-state index contributed by atoms with van der Waals surface area (Å²) in [5.74, 6) is 0. The molecule has 0 atom stereocenters. The number of benzene rings is 2. The van der Waals surface area contributed by atoms with Gasteiger partial charge in [-0.1, -0.05) is 24.3 Å². The van der Waals surface area contributed by atoms with Crippen LogP contribution < -0.4 is 5.43 Å². The maximum atomic E-state index is 12.5. The molecule has 19 heavy (non-hydrogen) atoms. The first-order valence-corrected chi connectivity index (χ1v) is 6.61. The van der Waals surface area contributed by atoms with Gasteiger partial charge in [-0.2, -0.15) is 0 Å². The number of ether oxygens (including phenoxy) is 1. The van der Waals surface area contributed by atoms with Crippen molar-refractivity contribution < 1.29 is 9.53 Å². The zero-order chi connectivity index (χ0) is 13.2. The van der Waals surface area contributed by atoms with Crippen molar-refractivity contribution in [3.63, 3.8) is 0 Å². The normalized spacial score (nSPS) is 10.7. The molecule has 4 heteroatoms. The Hall–Kier alpha value is -2.20. The SMILES string of the molecule is O=COCc1cccc2sc3ccccc3c(=O)c12. The van der Waals surface area contributed by atoms with E-state index in [1.165, 1.54) is 0 Å². The molecule has 1 heterocycles. The van der Waals surface area contributed by atoms with Crippen LogP contribution in [0.1, 0.15) is 5.56 Å².